The maximum Gasteiger partial charge on any atom is 0.231 e. The van der Waals surface area contributed by atoms with Gasteiger partial charge in [-0.05, 0) is 67.1 Å². The molecule has 2 aliphatic carbocycles. The van der Waals surface area contributed by atoms with E-state index in [0.717, 1.165) is 28.9 Å². The van der Waals surface area contributed by atoms with Crippen LogP contribution in [0, 0.1) is 11.8 Å². The Kier molecular flexibility index (Phi) is 3.62. The lowest BCUT2D eigenvalue weighted by Gasteiger charge is -2.23. The Morgan fingerprint density at radius 3 is 2.95 bits per heavy atom. The third-order valence-electron chi connectivity index (χ3n) is 4.83. The van der Waals surface area contributed by atoms with Gasteiger partial charge in [0.1, 0.15) is 0 Å². The van der Waals surface area contributed by atoms with Crippen molar-refractivity contribution in [3.05, 3.63) is 23.8 Å². The van der Waals surface area contributed by atoms with Crippen LogP contribution in [-0.4, -0.2) is 24.2 Å². The molecule has 1 aromatic carbocycles. The predicted octanol–water partition coefficient (Wildman–Crippen LogP) is 2.40. The molecule has 2 N–H and O–H groups in total. The highest BCUT2D eigenvalue weighted by molar-refractivity contribution is 7.80. The zero-order chi connectivity index (χ0) is 14.9. The molecular weight excluding hydrogens is 298 g/mol. The first kappa shape index (κ1) is 13.8. The van der Waals surface area contributed by atoms with Gasteiger partial charge in [-0.3, -0.25) is 5.43 Å². The number of thiocarbonyl (C=S) groups is 1. The maximum atomic E-state index is 5.34. The summed E-state index contributed by atoms with van der Waals surface area (Å²) in [5, 5.41) is 8.20. The van der Waals surface area contributed by atoms with Crippen molar-refractivity contribution in [1.29, 1.82) is 0 Å². The lowest BCUT2D eigenvalue weighted by atomic mass is 9.96. The van der Waals surface area contributed by atoms with Gasteiger partial charge in [0.15, 0.2) is 16.6 Å². The van der Waals surface area contributed by atoms with Crippen LogP contribution in [0.5, 0.6) is 11.5 Å². The number of fused-ring (bicyclic) bond motifs is 3. The van der Waals surface area contributed by atoms with Crippen LogP contribution in [0.4, 0.5) is 0 Å². The molecule has 116 valence electrons. The second-order valence-electron chi connectivity index (χ2n) is 6.24. The fourth-order valence-corrected chi connectivity index (χ4v) is 3.99. The number of hydrogen-bond donors (Lipinski definition) is 2. The molecule has 1 aliphatic heterocycles. The third kappa shape index (κ3) is 2.75. The second kappa shape index (κ2) is 5.76. The van der Waals surface area contributed by atoms with Crippen LogP contribution in [0.1, 0.15) is 31.2 Å². The fourth-order valence-electron chi connectivity index (χ4n) is 3.78. The Balaban J connectivity index is 1.29. The van der Waals surface area contributed by atoms with Crippen LogP contribution in [-0.2, 0) is 0 Å². The molecule has 5 nitrogen and oxygen atoms in total. The smallest absolute Gasteiger partial charge is 0.231 e. The van der Waals surface area contributed by atoms with E-state index in [1.807, 2.05) is 18.2 Å². The summed E-state index contributed by atoms with van der Waals surface area (Å²) >= 11 is 5.32. The molecule has 1 heterocycles. The monoisotopic (exact) mass is 317 g/mol. The molecule has 22 heavy (non-hydrogen) atoms. The fraction of sp³-hybridized carbons (Fsp3) is 0.500. The lowest BCUT2D eigenvalue weighted by molar-refractivity contribution is 0.174. The van der Waals surface area contributed by atoms with Gasteiger partial charge in [-0.1, -0.05) is 6.42 Å². The van der Waals surface area contributed by atoms with Gasteiger partial charge in [-0.25, -0.2) is 0 Å². The molecule has 0 unspecified atom stereocenters. The number of ether oxygens (including phenoxy) is 2. The van der Waals surface area contributed by atoms with Gasteiger partial charge in [0.25, 0.3) is 0 Å². The largest absolute Gasteiger partial charge is 0.454 e. The molecule has 2 saturated carbocycles. The zero-order valence-corrected chi connectivity index (χ0v) is 13.1. The highest BCUT2D eigenvalue weighted by Crippen LogP contribution is 2.44. The molecule has 4 rings (SSSR count). The molecule has 6 heteroatoms. The van der Waals surface area contributed by atoms with Gasteiger partial charge in [0.2, 0.25) is 6.79 Å². The van der Waals surface area contributed by atoms with E-state index in [1.165, 1.54) is 25.7 Å². The van der Waals surface area contributed by atoms with Crippen LogP contribution in [0.3, 0.4) is 0 Å². The summed E-state index contributed by atoms with van der Waals surface area (Å²) in [6.45, 7) is 0.283. The highest BCUT2D eigenvalue weighted by atomic mass is 32.1. The molecule has 3 atom stereocenters. The minimum Gasteiger partial charge on any atom is -0.454 e. The Morgan fingerprint density at radius 1 is 1.23 bits per heavy atom. The molecule has 0 aromatic heterocycles. The van der Waals surface area contributed by atoms with Crippen molar-refractivity contribution >= 4 is 23.5 Å². The lowest BCUT2D eigenvalue weighted by Crippen LogP contribution is -2.42. The standard InChI is InChI=1S/C16H19N3O2S/c22-16(18-13-6-10-1-3-12(13)5-10)19-17-8-11-2-4-14-15(7-11)21-9-20-14/h2,4,7-8,10,12-13H,1,3,5-6,9H2,(H2,18,19,22)/b17-8-/t10-,12+,13+/m1/s1. The first-order chi connectivity index (χ1) is 10.8. The third-order valence-corrected chi connectivity index (χ3v) is 5.04. The number of rotatable bonds is 3. The topological polar surface area (TPSA) is 54.9 Å². The van der Waals surface area contributed by atoms with E-state index in [9.17, 15) is 0 Å². The number of nitrogens with zero attached hydrogens (tertiary/aromatic N) is 1. The maximum absolute atomic E-state index is 5.34. The molecular formula is C16H19N3O2S. The van der Waals surface area contributed by atoms with E-state index >= 15 is 0 Å². The molecule has 2 bridgehead atoms. The van der Waals surface area contributed by atoms with Gasteiger partial charge in [0, 0.05) is 6.04 Å². The number of nitrogens with one attached hydrogen (secondary N) is 2. The van der Waals surface area contributed by atoms with Crippen molar-refractivity contribution < 1.29 is 9.47 Å². The molecule has 0 spiro atoms. The Labute approximate surface area is 135 Å². The van der Waals surface area contributed by atoms with Crippen molar-refractivity contribution in [2.45, 2.75) is 31.7 Å². The highest BCUT2D eigenvalue weighted by Gasteiger charge is 2.39. The Morgan fingerprint density at radius 2 is 2.14 bits per heavy atom. The quantitative estimate of drug-likeness (QED) is 0.509. The summed E-state index contributed by atoms with van der Waals surface area (Å²) in [4.78, 5) is 0. The summed E-state index contributed by atoms with van der Waals surface area (Å²) in [6, 6.07) is 6.25. The number of benzene rings is 1. The molecule has 0 saturated heterocycles. The van der Waals surface area contributed by atoms with E-state index < -0.39 is 0 Å². The van der Waals surface area contributed by atoms with Crippen LogP contribution in [0.15, 0.2) is 23.3 Å². The first-order valence-corrected chi connectivity index (χ1v) is 8.18. The van der Waals surface area contributed by atoms with Crippen LogP contribution < -0.4 is 20.2 Å². The van der Waals surface area contributed by atoms with Crippen molar-refractivity contribution in [2.75, 3.05) is 6.79 Å². The SMILES string of the molecule is S=C(N/N=C\c1ccc2c(c1)OCO2)N[C@H]1C[C@@H]2CC[C@H]1C2. The predicted molar refractivity (Wildman–Crippen MR) is 88.3 cm³/mol. The average Bonchev–Trinajstić information content (AvgIpc) is 3.22. The molecule has 0 radical (unpaired) electrons. The summed E-state index contributed by atoms with van der Waals surface area (Å²) in [7, 11) is 0. The molecule has 2 fully saturated rings. The van der Waals surface area contributed by atoms with Gasteiger partial charge >= 0.3 is 0 Å². The van der Waals surface area contributed by atoms with Gasteiger partial charge in [-0.2, -0.15) is 5.10 Å². The van der Waals surface area contributed by atoms with Crippen molar-refractivity contribution in [2.24, 2.45) is 16.9 Å². The molecule has 1 aromatic rings. The number of hydrazone groups is 1. The normalized spacial score (nSPS) is 28.3. The van der Waals surface area contributed by atoms with E-state index in [0.29, 0.717) is 11.2 Å². The van der Waals surface area contributed by atoms with Gasteiger partial charge in [0.05, 0.1) is 6.21 Å². The minimum atomic E-state index is 0.283. The Hall–Kier alpha value is -1.82. The summed E-state index contributed by atoms with van der Waals surface area (Å²) in [6.07, 6.45) is 7.08. The van der Waals surface area contributed by atoms with Crippen LogP contribution >= 0.6 is 12.2 Å². The molecule has 0 amide bonds. The van der Waals surface area contributed by atoms with Gasteiger partial charge in [-0.15, -0.1) is 0 Å². The Bertz CT molecular complexity index is 619. The number of hydrogen-bond acceptors (Lipinski definition) is 4. The van der Waals surface area contributed by atoms with Crippen LogP contribution in [0.25, 0.3) is 0 Å². The van der Waals surface area contributed by atoms with Crippen molar-refractivity contribution in [1.82, 2.24) is 10.7 Å². The zero-order valence-electron chi connectivity index (χ0n) is 12.2. The van der Waals surface area contributed by atoms with Crippen molar-refractivity contribution in [3.8, 4) is 11.5 Å². The van der Waals surface area contributed by atoms with Crippen molar-refractivity contribution in [3.63, 3.8) is 0 Å². The van der Waals surface area contributed by atoms with E-state index in [4.69, 9.17) is 21.7 Å². The van der Waals surface area contributed by atoms with E-state index in [1.54, 1.807) is 6.21 Å². The van der Waals surface area contributed by atoms with Gasteiger partial charge < -0.3 is 14.8 Å². The summed E-state index contributed by atoms with van der Waals surface area (Å²) < 4.78 is 10.6. The van der Waals surface area contributed by atoms with E-state index in [-0.39, 0.29) is 6.79 Å². The summed E-state index contributed by atoms with van der Waals surface area (Å²) in [5.41, 5.74) is 3.85. The second-order valence-corrected chi connectivity index (χ2v) is 6.65. The summed E-state index contributed by atoms with van der Waals surface area (Å²) in [5.74, 6) is 3.23. The first-order valence-electron chi connectivity index (χ1n) is 7.77. The average molecular weight is 317 g/mol. The molecule has 3 aliphatic rings. The van der Waals surface area contributed by atoms with Crippen LogP contribution in [0.2, 0.25) is 0 Å². The minimum absolute atomic E-state index is 0.283. The van der Waals surface area contributed by atoms with E-state index in [2.05, 4.69) is 15.8 Å².